The Hall–Kier alpha value is -1.36. The number of allylic oxidation sites excluding steroid dienone is 2. The van der Waals surface area contributed by atoms with Crippen molar-refractivity contribution in [1.29, 1.82) is 0 Å². The summed E-state index contributed by atoms with van der Waals surface area (Å²) in [5.74, 6) is -0.719. The van der Waals surface area contributed by atoms with Crippen molar-refractivity contribution < 1.29 is 24.5 Å². The first-order valence-electron chi connectivity index (χ1n) is 18.7. The van der Waals surface area contributed by atoms with E-state index in [4.69, 9.17) is 9.84 Å². The van der Waals surface area contributed by atoms with Crippen molar-refractivity contribution >= 4 is 11.9 Å². The molecular formula is C38H74O5. The fourth-order valence-electron chi connectivity index (χ4n) is 5.24. The van der Waals surface area contributed by atoms with Crippen molar-refractivity contribution in [3.05, 3.63) is 12.2 Å². The summed E-state index contributed by atoms with van der Waals surface area (Å²) < 4.78 is 4.91. The fraction of sp³-hybridized carbons (Fsp3) is 0.895. The molecule has 0 spiro atoms. The summed E-state index contributed by atoms with van der Waals surface area (Å²) in [4.78, 5) is 21.5. The Morgan fingerprint density at radius 3 is 1.35 bits per heavy atom. The van der Waals surface area contributed by atoms with Crippen molar-refractivity contribution in [3.63, 3.8) is 0 Å². The number of aliphatic carboxylic acids is 1. The molecule has 0 bridgehead atoms. The third-order valence-corrected chi connectivity index (χ3v) is 8.02. The normalized spacial score (nSPS) is 11.8. The van der Waals surface area contributed by atoms with Crippen LogP contribution in [-0.2, 0) is 14.3 Å². The monoisotopic (exact) mass is 611 g/mol. The molecule has 0 fully saturated rings. The first kappa shape index (κ1) is 43.8. The highest BCUT2D eigenvalue weighted by atomic mass is 16.5. The molecule has 0 rings (SSSR count). The lowest BCUT2D eigenvalue weighted by atomic mass is 10.0. The minimum absolute atomic E-state index is 0.0415. The number of carbonyl (C=O) groups is 2. The molecular weight excluding hydrogens is 536 g/mol. The molecule has 2 N–H and O–H groups in total. The molecule has 0 aromatic carbocycles. The molecule has 0 aromatic rings. The zero-order valence-electron chi connectivity index (χ0n) is 29.1. The van der Waals surface area contributed by atoms with Crippen LogP contribution >= 0.6 is 0 Å². The van der Waals surface area contributed by atoms with E-state index in [0.717, 1.165) is 51.4 Å². The van der Waals surface area contributed by atoms with Gasteiger partial charge in [-0.05, 0) is 58.3 Å². The number of carboxylic acids is 1. The van der Waals surface area contributed by atoms with Crippen molar-refractivity contribution in [2.45, 2.75) is 213 Å². The van der Waals surface area contributed by atoms with E-state index in [0.29, 0.717) is 19.4 Å². The highest BCUT2D eigenvalue weighted by molar-refractivity contribution is 5.69. The lowest BCUT2D eigenvalue weighted by Crippen LogP contribution is -2.05. The molecule has 0 aliphatic rings. The molecule has 0 heterocycles. The van der Waals surface area contributed by atoms with E-state index in [-0.39, 0.29) is 12.1 Å². The molecule has 0 saturated heterocycles. The van der Waals surface area contributed by atoms with Crippen molar-refractivity contribution in [1.82, 2.24) is 0 Å². The van der Waals surface area contributed by atoms with Gasteiger partial charge in [0, 0.05) is 12.8 Å². The van der Waals surface area contributed by atoms with E-state index in [1.807, 2.05) is 6.92 Å². The van der Waals surface area contributed by atoms with Crippen LogP contribution in [0.2, 0.25) is 0 Å². The number of carboxylic acid groups (broad SMARTS) is 1. The van der Waals surface area contributed by atoms with Gasteiger partial charge in [-0.2, -0.15) is 0 Å². The predicted molar refractivity (Wildman–Crippen MR) is 185 cm³/mol. The maximum atomic E-state index is 11.1. The average Bonchev–Trinajstić information content (AvgIpc) is 2.98. The smallest absolute Gasteiger partial charge is 0.305 e. The van der Waals surface area contributed by atoms with E-state index in [1.54, 1.807) is 0 Å². The van der Waals surface area contributed by atoms with Gasteiger partial charge in [-0.15, -0.1) is 0 Å². The summed E-state index contributed by atoms with van der Waals surface area (Å²) in [6.45, 7) is 6.84. The van der Waals surface area contributed by atoms with Crippen LogP contribution in [0.3, 0.4) is 0 Å². The second-order valence-corrected chi connectivity index (χ2v) is 12.4. The van der Waals surface area contributed by atoms with Crippen LogP contribution in [0.15, 0.2) is 12.2 Å². The molecule has 256 valence electrons. The van der Waals surface area contributed by atoms with Gasteiger partial charge in [0.05, 0.1) is 12.7 Å². The number of hydrogen-bond donors (Lipinski definition) is 2. The van der Waals surface area contributed by atoms with Gasteiger partial charge in [0.2, 0.25) is 0 Å². The second-order valence-electron chi connectivity index (χ2n) is 12.4. The van der Waals surface area contributed by atoms with Crippen molar-refractivity contribution in [3.8, 4) is 0 Å². The number of unbranched alkanes of at least 4 members (excludes halogenated alkanes) is 21. The van der Waals surface area contributed by atoms with Crippen LogP contribution in [0.1, 0.15) is 207 Å². The highest BCUT2D eigenvalue weighted by Gasteiger charge is 2.04. The highest BCUT2D eigenvalue weighted by Crippen LogP contribution is 2.14. The number of rotatable bonds is 32. The first-order valence-corrected chi connectivity index (χ1v) is 18.7. The van der Waals surface area contributed by atoms with Gasteiger partial charge < -0.3 is 14.9 Å². The second kappa shape index (κ2) is 38.7. The van der Waals surface area contributed by atoms with Crippen LogP contribution < -0.4 is 0 Å². The Balaban J connectivity index is 0. The number of aliphatic hydroxyl groups excluding tert-OH is 1. The summed E-state index contributed by atoms with van der Waals surface area (Å²) >= 11 is 0. The fourth-order valence-corrected chi connectivity index (χ4v) is 5.24. The zero-order valence-corrected chi connectivity index (χ0v) is 29.1. The molecule has 43 heavy (non-hydrogen) atoms. The van der Waals surface area contributed by atoms with Gasteiger partial charge in [-0.3, -0.25) is 9.59 Å². The number of carbonyl (C=O) groups excluding carboxylic acids is 1. The molecule has 1 unspecified atom stereocenters. The Kier molecular flexibility index (Phi) is 39.4. The summed E-state index contributed by atoms with van der Waals surface area (Å²) in [5.41, 5.74) is 0. The topological polar surface area (TPSA) is 83.8 Å². The van der Waals surface area contributed by atoms with Gasteiger partial charge >= 0.3 is 11.9 Å². The molecule has 0 aromatic heterocycles. The van der Waals surface area contributed by atoms with Gasteiger partial charge in [0.25, 0.3) is 0 Å². The lowest BCUT2D eigenvalue weighted by molar-refractivity contribution is -0.143. The van der Waals surface area contributed by atoms with E-state index >= 15 is 0 Å². The predicted octanol–water partition coefficient (Wildman–Crippen LogP) is 11.9. The van der Waals surface area contributed by atoms with Crippen molar-refractivity contribution in [2.24, 2.45) is 0 Å². The number of hydrogen-bond acceptors (Lipinski definition) is 4. The summed E-state index contributed by atoms with van der Waals surface area (Å²) in [6.07, 6.45) is 38.3. The van der Waals surface area contributed by atoms with Gasteiger partial charge in [-0.25, -0.2) is 0 Å². The molecule has 0 aliphatic heterocycles. The molecule has 0 saturated carbocycles. The Morgan fingerprint density at radius 2 is 0.907 bits per heavy atom. The van der Waals surface area contributed by atoms with E-state index in [2.05, 4.69) is 26.0 Å². The van der Waals surface area contributed by atoms with Crippen LogP contribution in [0.5, 0.6) is 0 Å². The average molecular weight is 611 g/mol. The quantitative estimate of drug-likeness (QED) is 0.0449. The number of aliphatic hydroxyl groups is 1. The van der Waals surface area contributed by atoms with E-state index in [1.165, 1.54) is 122 Å². The summed E-state index contributed by atoms with van der Waals surface area (Å²) in [6, 6.07) is 0. The standard InChI is InChI=1S/C20H38O2.C18H36O3/c1-3-5-6-7-8-9-10-11-12-13-14-15-16-17-18-19-20(21)22-4-2;1-2-3-4-11-14-17(19)15-12-9-7-5-6-8-10-13-16-18(20)21/h11-12H,3-10,13-19H2,1-2H3;17,19H,2-16H2,1H3,(H,20,21)/b12-11-;. The number of ether oxygens (including phenoxy) is 1. The molecule has 1 atom stereocenters. The molecule has 0 radical (unpaired) electrons. The third kappa shape index (κ3) is 42.8. The van der Waals surface area contributed by atoms with Crippen LogP contribution in [0.4, 0.5) is 0 Å². The SMILES string of the molecule is CCCCCCC(O)CCCCCCCCCCC(=O)O.CCCCCCCC/C=C\CCCCCCCC(=O)OCC. The molecule has 0 amide bonds. The van der Waals surface area contributed by atoms with Crippen LogP contribution in [0, 0.1) is 0 Å². The Labute approximate surface area is 268 Å². The minimum atomic E-state index is -0.678. The van der Waals surface area contributed by atoms with Gasteiger partial charge in [0.1, 0.15) is 0 Å². The Morgan fingerprint density at radius 1 is 0.535 bits per heavy atom. The third-order valence-electron chi connectivity index (χ3n) is 8.02. The van der Waals surface area contributed by atoms with Gasteiger partial charge in [-0.1, -0.05) is 148 Å². The largest absolute Gasteiger partial charge is 0.481 e. The van der Waals surface area contributed by atoms with E-state index < -0.39 is 5.97 Å². The van der Waals surface area contributed by atoms with Crippen LogP contribution in [0.25, 0.3) is 0 Å². The number of esters is 1. The minimum Gasteiger partial charge on any atom is -0.481 e. The first-order chi connectivity index (χ1) is 21.0. The molecule has 0 aliphatic carbocycles. The van der Waals surface area contributed by atoms with E-state index in [9.17, 15) is 14.7 Å². The Bertz CT molecular complexity index is 589. The lowest BCUT2D eigenvalue weighted by Gasteiger charge is -2.10. The maximum Gasteiger partial charge on any atom is 0.305 e. The van der Waals surface area contributed by atoms with Crippen molar-refractivity contribution in [2.75, 3.05) is 6.61 Å². The van der Waals surface area contributed by atoms with Gasteiger partial charge in [0.15, 0.2) is 0 Å². The van der Waals surface area contributed by atoms with Crippen LogP contribution in [-0.4, -0.2) is 34.9 Å². The molecule has 5 heteroatoms. The maximum absolute atomic E-state index is 11.1. The molecule has 5 nitrogen and oxygen atoms in total. The zero-order chi connectivity index (χ0) is 32.1. The summed E-state index contributed by atoms with van der Waals surface area (Å²) in [5, 5.41) is 18.4. The summed E-state index contributed by atoms with van der Waals surface area (Å²) in [7, 11) is 0.